The minimum absolute atomic E-state index is 0.113. The number of aryl methyl sites for hydroxylation is 2. The number of nitrogens with zero attached hydrogens (tertiary/aromatic N) is 2. The summed E-state index contributed by atoms with van der Waals surface area (Å²) in [6, 6.07) is 10.7. The van der Waals surface area contributed by atoms with E-state index in [1.165, 1.54) is 54.1 Å². The van der Waals surface area contributed by atoms with Gasteiger partial charge in [-0.05, 0) is 73.8 Å². The molecule has 0 unspecified atom stereocenters. The van der Waals surface area contributed by atoms with Gasteiger partial charge in [0.15, 0.2) is 0 Å². The summed E-state index contributed by atoms with van der Waals surface area (Å²) in [5.41, 5.74) is 11.8. The van der Waals surface area contributed by atoms with Crippen LogP contribution in [-0.2, 0) is 12.8 Å². The molecule has 3 aliphatic rings. The highest BCUT2D eigenvalue weighted by atomic mass is 32.1. The third-order valence-corrected chi connectivity index (χ3v) is 7.91. The van der Waals surface area contributed by atoms with E-state index in [2.05, 4.69) is 40.3 Å². The molecule has 4 heterocycles. The van der Waals surface area contributed by atoms with Gasteiger partial charge in [0.2, 0.25) is 0 Å². The molecule has 1 saturated carbocycles. The lowest BCUT2D eigenvalue weighted by atomic mass is 9.71. The van der Waals surface area contributed by atoms with Crippen molar-refractivity contribution < 1.29 is 4.79 Å². The molecule has 5 nitrogen and oxygen atoms in total. The number of pyridine rings is 1. The van der Waals surface area contributed by atoms with Crippen molar-refractivity contribution in [1.82, 2.24) is 10.3 Å². The van der Waals surface area contributed by atoms with Gasteiger partial charge in [-0.3, -0.25) is 4.79 Å². The van der Waals surface area contributed by atoms with Crippen molar-refractivity contribution in [3.05, 3.63) is 52.0 Å². The van der Waals surface area contributed by atoms with E-state index in [0.717, 1.165) is 40.6 Å². The van der Waals surface area contributed by atoms with Gasteiger partial charge in [-0.25, -0.2) is 4.98 Å². The first-order valence-electron chi connectivity index (χ1n) is 11.3. The van der Waals surface area contributed by atoms with Crippen molar-refractivity contribution in [3.8, 4) is 0 Å². The number of hydrogen-bond acceptors (Lipinski definition) is 5. The number of nitrogens with one attached hydrogen (secondary N) is 1. The maximum absolute atomic E-state index is 12.7. The third-order valence-electron chi connectivity index (χ3n) is 6.79. The van der Waals surface area contributed by atoms with E-state index >= 15 is 0 Å². The highest BCUT2D eigenvalue weighted by molar-refractivity contribution is 7.21. The van der Waals surface area contributed by atoms with Crippen molar-refractivity contribution in [1.29, 1.82) is 0 Å². The quantitative estimate of drug-likeness (QED) is 0.596. The maximum Gasteiger partial charge on any atom is 0.263 e. The Hall–Kier alpha value is -2.60. The van der Waals surface area contributed by atoms with E-state index in [4.69, 9.17) is 5.73 Å². The van der Waals surface area contributed by atoms with Crippen molar-refractivity contribution in [3.63, 3.8) is 0 Å². The normalized spacial score (nSPS) is 20.0. The van der Waals surface area contributed by atoms with Gasteiger partial charge in [0.25, 0.3) is 5.91 Å². The first kappa shape index (κ1) is 20.3. The summed E-state index contributed by atoms with van der Waals surface area (Å²) < 4.78 is 0. The zero-order valence-corrected chi connectivity index (χ0v) is 19.1. The second kappa shape index (κ2) is 8.15. The molecule has 1 aliphatic carbocycles. The molecule has 6 rings (SSSR count). The summed E-state index contributed by atoms with van der Waals surface area (Å²) in [4.78, 5) is 21.2. The topological polar surface area (TPSA) is 71.2 Å². The fraction of sp³-hybridized carbons (Fsp3) is 0.440. The molecule has 2 aromatic heterocycles. The molecule has 3 N–H and O–H groups in total. The molecule has 0 spiro atoms. The molecule has 2 bridgehead atoms. The second-order valence-corrected chi connectivity index (χ2v) is 10.1. The monoisotopic (exact) mass is 434 g/mol. The summed E-state index contributed by atoms with van der Waals surface area (Å²) >= 11 is 1.37. The van der Waals surface area contributed by atoms with E-state index < -0.39 is 0 Å². The van der Waals surface area contributed by atoms with Gasteiger partial charge in [-0.2, -0.15) is 0 Å². The van der Waals surface area contributed by atoms with Crippen LogP contribution in [0.4, 0.5) is 11.4 Å². The molecule has 162 valence electrons. The zero-order valence-electron chi connectivity index (χ0n) is 18.3. The predicted octanol–water partition coefficient (Wildman–Crippen LogP) is 4.57. The van der Waals surface area contributed by atoms with Crippen LogP contribution < -0.4 is 16.0 Å². The summed E-state index contributed by atoms with van der Waals surface area (Å²) in [6.45, 7) is 7.19. The number of amides is 1. The Labute approximate surface area is 187 Å². The lowest BCUT2D eigenvalue weighted by molar-refractivity contribution is 0.0959. The molecule has 2 saturated heterocycles. The Morgan fingerprint density at radius 1 is 1.23 bits per heavy atom. The van der Waals surface area contributed by atoms with E-state index in [1.54, 1.807) is 0 Å². The average Bonchev–Trinajstić information content (AvgIpc) is 3.08. The number of aromatic nitrogens is 1. The number of carbonyl (C=O) groups is 1. The number of rotatable bonds is 6. The van der Waals surface area contributed by atoms with Crippen LogP contribution in [0.15, 0.2) is 30.3 Å². The van der Waals surface area contributed by atoms with Crippen molar-refractivity contribution in [2.45, 2.75) is 39.5 Å². The smallest absolute Gasteiger partial charge is 0.263 e. The van der Waals surface area contributed by atoms with Gasteiger partial charge in [0.1, 0.15) is 9.71 Å². The van der Waals surface area contributed by atoms with Crippen LogP contribution in [0, 0.1) is 18.8 Å². The van der Waals surface area contributed by atoms with Crippen LogP contribution in [0.5, 0.6) is 0 Å². The molecule has 2 aliphatic heterocycles. The van der Waals surface area contributed by atoms with Crippen molar-refractivity contribution >= 4 is 38.8 Å². The van der Waals surface area contributed by atoms with E-state index in [1.807, 2.05) is 19.1 Å². The minimum atomic E-state index is -0.113. The van der Waals surface area contributed by atoms with Gasteiger partial charge >= 0.3 is 0 Å². The van der Waals surface area contributed by atoms with Crippen molar-refractivity contribution in [2.75, 3.05) is 30.3 Å². The Balaban J connectivity index is 1.23. The number of benzene rings is 1. The molecule has 0 radical (unpaired) electrons. The summed E-state index contributed by atoms with van der Waals surface area (Å²) in [5, 5.41) is 3.90. The van der Waals surface area contributed by atoms with Crippen LogP contribution in [-0.4, -0.2) is 30.5 Å². The van der Waals surface area contributed by atoms with Crippen LogP contribution in [0.3, 0.4) is 0 Å². The fourth-order valence-corrected chi connectivity index (χ4v) is 6.17. The molecule has 3 aromatic rings. The Morgan fingerprint density at radius 2 is 2.00 bits per heavy atom. The number of nitrogens with two attached hydrogens (primary N) is 1. The van der Waals surface area contributed by atoms with E-state index in [9.17, 15) is 4.79 Å². The summed E-state index contributed by atoms with van der Waals surface area (Å²) in [6.07, 6.45) is 4.70. The van der Waals surface area contributed by atoms with Crippen molar-refractivity contribution in [2.24, 2.45) is 11.8 Å². The van der Waals surface area contributed by atoms with Gasteiger partial charge in [-0.1, -0.05) is 19.1 Å². The molecule has 3 fully saturated rings. The lowest BCUT2D eigenvalue weighted by Gasteiger charge is -2.48. The van der Waals surface area contributed by atoms with Crippen LogP contribution >= 0.6 is 11.3 Å². The second-order valence-electron chi connectivity index (χ2n) is 9.08. The predicted molar refractivity (Wildman–Crippen MR) is 129 cm³/mol. The first-order valence-corrected chi connectivity index (χ1v) is 12.1. The lowest BCUT2D eigenvalue weighted by Crippen LogP contribution is -2.48. The summed E-state index contributed by atoms with van der Waals surface area (Å²) in [7, 11) is 0. The third kappa shape index (κ3) is 3.89. The van der Waals surface area contributed by atoms with Crippen LogP contribution in [0.25, 0.3) is 10.2 Å². The summed E-state index contributed by atoms with van der Waals surface area (Å²) in [5.74, 6) is 1.69. The standard InChI is InChI=1S/C25H30N4OS/c1-3-19-12-16(5-7-21(19)29-13-17-10-18(11-17)14-29)8-9-27-24(30)23-22(26)20-6-4-15(2)28-25(20)31-23/h4-7,12,17-18H,3,8-11,13-14,26H2,1-2H3,(H,27,30). The number of piperidine rings is 2. The number of fused-ring (bicyclic) bond motifs is 3. The number of carbonyl (C=O) groups excluding carboxylic acids is 1. The SMILES string of the molecule is CCc1cc(CCNC(=O)c2sc3nc(C)ccc3c2N)ccc1N1CC2CC(C2)C1. The number of anilines is 2. The van der Waals surface area contributed by atoms with Gasteiger partial charge in [0.05, 0.1) is 5.69 Å². The van der Waals surface area contributed by atoms with E-state index in [0.29, 0.717) is 17.1 Å². The molecule has 0 atom stereocenters. The Kier molecular flexibility index (Phi) is 5.34. The van der Waals surface area contributed by atoms with Gasteiger partial charge < -0.3 is 16.0 Å². The average molecular weight is 435 g/mol. The molecular formula is C25H30N4OS. The molecule has 6 heteroatoms. The van der Waals surface area contributed by atoms with Gasteiger partial charge in [0, 0.05) is 36.4 Å². The first-order chi connectivity index (χ1) is 15.0. The minimum Gasteiger partial charge on any atom is -0.397 e. The van der Waals surface area contributed by atoms with E-state index in [-0.39, 0.29) is 5.91 Å². The zero-order chi connectivity index (χ0) is 21.5. The number of thiophene rings is 1. The molecule has 31 heavy (non-hydrogen) atoms. The number of hydrogen-bond donors (Lipinski definition) is 2. The molecule has 1 amide bonds. The maximum atomic E-state index is 12.7. The Morgan fingerprint density at radius 3 is 2.74 bits per heavy atom. The molecular weight excluding hydrogens is 404 g/mol. The molecule has 1 aromatic carbocycles. The highest BCUT2D eigenvalue weighted by Crippen LogP contribution is 2.42. The number of nitrogen functional groups attached to an aromatic ring is 1. The fourth-order valence-electron chi connectivity index (χ4n) is 5.11. The van der Waals surface area contributed by atoms with Gasteiger partial charge in [-0.15, -0.1) is 11.3 Å². The highest BCUT2D eigenvalue weighted by Gasteiger charge is 2.37. The largest absolute Gasteiger partial charge is 0.397 e. The van der Waals surface area contributed by atoms with Crippen LogP contribution in [0.2, 0.25) is 0 Å². The van der Waals surface area contributed by atoms with Crippen LogP contribution in [0.1, 0.15) is 46.3 Å². The Bertz CT molecular complexity index is 1120.